The SMILES string of the molecule is N#Cc1ccn(-c2ccc(C(Br)Br)cc2)c1. The maximum absolute atomic E-state index is 8.74. The monoisotopic (exact) mass is 338 g/mol. The number of hydrogen-bond acceptors (Lipinski definition) is 1. The third kappa shape index (κ3) is 2.37. The van der Waals surface area contributed by atoms with Crippen LogP contribution in [-0.4, -0.2) is 4.57 Å². The Morgan fingerprint density at radius 3 is 2.31 bits per heavy atom. The van der Waals surface area contributed by atoms with Gasteiger partial charge in [0.2, 0.25) is 0 Å². The van der Waals surface area contributed by atoms with Crippen LogP contribution in [0.5, 0.6) is 0 Å². The van der Waals surface area contributed by atoms with E-state index in [4.69, 9.17) is 5.26 Å². The molecule has 80 valence electrons. The topological polar surface area (TPSA) is 28.7 Å². The van der Waals surface area contributed by atoms with Crippen molar-refractivity contribution in [1.82, 2.24) is 4.57 Å². The number of hydrogen-bond donors (Lipinski definition) is 0. The van der Waals surface area contributed by atoms with Gasteiger partial charge in [0.1, 0.15) is 6.07 Å². The standard InChI is InChI=1S/C12H8Br2N2/c13-12(14)10-1-3-11(4-2-10)16-6-5-9(7-15)8-16/h1-6,8,12H. The highest BCUT2D eigenvalue weighted by Crippen LogP contribution is 2.29. The average Bonchev–Trinajstić information content (AvgIpc) is 2.77. The van der Waals surface area contributed by atoms with Crippen molar-refractivity contribution in [3.63, 3.8) is 0 Å². The number of benzene rings is 1. The zero-order chi connectivity index (χ0) is 11.5. The summed E-state index contributed by atoms with van der Waals surface area (Å²) in [7, 11) is 0. The van der Waals surface area contributed by atoms with Gasteiger partial charge in [0.05, 0.1) is 9.30 Å². The minimum atomic E-state index is 0.174. The molecule has 0 amide bonds. The fraction of sp³-hybridized carbons (Fsp3) is 0.0833. The van der Waals surface area contributed by atoms with Crippen LogP contribution < -0.4 is 0 Å². The van der Waals surface area contributed by atoms with Crippen LogP contribution in [0.3, 0.4) is 0 Å². The lowest BCUT2D eigenvalue weighted by Gasteiger charge is -2.05. The van der Waals surface area contributed by atoms with Crippen molar-refractivity contribution in [3.05, 3.63) is 53.9 Å². The first kappa shape index (κ1) is 11.4. The minimum absolute atomic E-state index is 0.174. The molecule has 1 aromatic heterocycles. The lowest BCUT2D eigenvalue weighted by molar-refractivity contribution is 1.08. The molecule has 0 saturated carbocycles. The molecule has 0 saturated heterocycles. The Hall–Kier alpha value is -1.05. The first-order chi connectivity index (χ1) is 7.70. The van der Waals surface area contributed by atoms with E-state index >= 15 is 0 Å². The molecular weight excluding hydrogens is 332 g/mol. The van der Waals surface area contributed by atoms with E-state index in [9.17, 15) is 0 Å². The van der Waals surface area contributed by atoms with Crippen LogP contribution in [0.25, 0.3) is 5.69 Å². The number of alkyl halides is 2. The summed E-state index contributed by atoms with van der Waals surface area (Å²) >= 11 is 6.89. The molecule has 4 heteroatoms. The van der Waals surface area contributed by atoms with E-state index in [-0.39, 0.29) is 3.74 Å². The molecule has 0 radical (unpaired) electrons. The fourth-order valence-electron chi connectivity index (χ4n) is 1.42. The van der Waals surface area contributed by atoms with Gasteiger partial charge in [-0.3, -0.25) is 0 Å². The molecule has 1 aromatic carbocycles. The molecule has 0 N–H and O–H groups in total. The predicted octanol–water partition coefficient (Wildman–Crippen LogP) is 4.14. The van der Waals surface area contributed by atoms with Crippen molar-refractivity contribution >= 4 is 31.9 Å². The lowest BCUT2D eigenvalue weighted by atomic mass is 10.2. The van der Waals surface area contributed by atoms with Gasteiger partial charge in [0.25, 0.3) is 0 Å². The number of aromatic nitrogens is 1. The fourth-order valence-corrected chi connectivity index (χ4v) is 2.03. The molecule has 0 bridgehead atoms. The van der Waals surface area contributed by atoms with Gasteiger partial charge in [-0.05, 0) is 23.8 Å². The van der Waals surface area contributed by atoms with Crippen LogP contribution in [0.4, 0.5) is 0 Å². The maximum Gasteiger partial charge on any atom is 0.101 e. The van der Waals surface area contributed by atoms with Gasteiger partial charge in [-0.1, -0.05) is 44.0 Å². The van der Waals surface area contributed by atoms with Crippen molar-refractivity contribution in [1.29, 1.82) is 5.26 Å². The van der Waals surface area contributed by atoms with Gasteiger partial charge in [-0.25, -0.2) is 0 Å². The zero-order valence-electron chi connectivity index (χ0n) is 8.27. The summed E-state index contributed by atoms with van der Waals surface area (Å²) < 4.78 is 2.10. The van der Waals surface area contributed by atoms with Crippen molar-refractivity contribution < 1.29 is 0 Å². The summed E-state index contributed by atoms with van der Waals surface area (Å²) in [6, 6.07) is 12.0. The van der Waals surface area contributed by atoms with Crippen LogP contribution in [0.15, 0.2) is 42.7 Å². The van der Waals surface area contributed by atoms with Crippen LogP contribution in [0.2, 0.25) is 0 Å². The number of halogens is 2. The van der Waals surface area contributed by atoms with Crippen LogP contribution in [0, 0.1) is 11.3 Å². The molecule has 0 aliphatic carbocycles. The molecule has 0 unspecified atom stereocenters. The van der Waals surface area contributed by atoms with Crippen molar-refractivity contribution in [2.75, 3.05) is 0 Å². The van der Waals surface area contributed by atoms with E-state index in [0.717, 1.165) is 11.3 Å². The van der Waals surface area contributed by atoms with E-state index in [1.54, 1.807) is 6.07 Å². The molecule has 2 nitrogen and oxygen atoms in total. The average molecular weight is 340 g/mol. The summed E-state index contributed by atoms with van der Waals surface area (Å²) in [5.41, 5.74) is 2.88. The molecule has 0 fully saturated rings. The number of nitrogens with zero attached hydrogens (tertiary/aromatic N) is 2. The Kier molecular flexibility index (Phi) is 3.47. The van der Waals surface area contributed by atoms with E-state index in [1.165, 1.54) is 0 Å². The smallest absolute Gasteiger partial charge is 0.101 e. The Morgan fingerprint density at radius 2 is 1.81 bits per heavy atom. The highest BCUT2D eigenvalue weighted by atomic mass is 79.9. The first-order valence-electron chi connectivity index (χ1n) is 4.67. The summed E-state index contributed by atoms with van der Waals surface area (Å²) in [5, 5.41) is 8.74. The number of rotatable bonds is 2. The molecule has 16 heavy (non-hydrogen) atoms. The van der Waals surface area contributed by atoms with Crippen molar-refractivity contribution in [2.24, 2.45) is 0 Å². The molecule has 0 spiro atoms. The Bertz CT molecular complexity index is 521. The van der Waals surface area contributed by atoms with Crippen molar-refractivity contribution in [2.45, 2.75) is 3.74 Å². The van der Waals surface area contributed by atoms with Gasteiger partial charge in [0, 0.05) is 18.1 Å². The second-order valence-corrected chi connectivity index (χ2v) is 6.37. The van der Waals surface area contributed by atoms with Gasteiger partial charge < -0.3 is 4.57 Å². The molecule has 2 aromatic rings. The Balaban J connectivity index is 2.31. The summed E-state index contributed by atoms with van der Waals surface area (Å²) in [6.07, 6.45) is 3.70. The van der Waals surface area contributed by atoms with E-state index in [2.05, 4.69) is 37.9 Å². The predicted molar refractivity (Wildman–Crippen MR) is 71.1 cm³/mol. The Morgan fingerprint density at radius 1 is 1.12 bits per heavy atom. The molecule has 2 rings (SSSR count). The zero-order valence-corrected chi connectivity index (χ0v) is 11.4. The van der Waals surface area contributed by atoms with Crippen LogP contribution in [-0.2, 0) is 0 Å². The van der Waals surface area contributed by atoms with E-state index < -0.39 is 0 Å². The molecule has 1 heterocycles. The molecule has 0 aliphatic heterocycles. The second kappa shape index (κ2) is 4.86. The van der Waals surface area contributed by atoms with Crippen LogP contribution >= 0.6 is 31.9 Å². The summed E-state index contributed by atoms with van der Waals surface area (Å²) in [6.45, 7) is 0. The third-order valence-corrected chi connectivity index (χ3v) is 3.32. The molecular formula is C12H8Br2N2. The maximum atomic E-state index is 8.74. The highest BCUT2D eigenvalue weighted by molar-refractivity contribution is 9.24. The van der Waals surface area contributed by atoms with Gasteiger partial charge in [0.15, 0.2) is 0 Å². The van der Waals surface area contributed by atoms with E-state index in [1.807, 2.05) is 41.2 Å². The highest BCUT2D eigenvalue weighted by Gasteiger charge is 2.03. The summed E-state index contributed by atoms with van der Waals surface area (Å²) in [4.78, 5) is 0. The van der Waals surface area contributed by atoms with Crippen LogP contribution in [0.1, 0.15) is 14.9 Å². The quantitative estimate of drug-likeness (QED) is 0.756. The second-order valence-electron chi connectivity index (χ2n) is 3.31. The minimum Gasteiger partial charge on any atom is -0.323 e. The first-order valence-corrected chi connectivity index (χ1v) is 6.50. The molecule has 0 atom stereocenters. The molecule has 0 aliphatic rings. The van der Waals surface area contributed by atoms with Gasteiger partial charge in [-0.2, -0.15) is 5.26 Å². The largest absolute Gasteiger partial charge is 0.323 e. The third-order valence-electron chi connectivity index (χ3n) is 2.27. The normalized spacial score (nSPS) is 10.4. The van der Waals surface area contributed by atoms with Gasteiger partial charge in [-0.15, -0.1) is 0 Å². The van der Waals surface area contributed by atoms with Gasteiger partial charge >= 0.3 is 0 Å². The van der Waals surface area contributed by atoms with Crippen molar-refractivity contribution in [3.8, 4) is 11.8 Å². The lowest BCUT2D eigenvalue weighted by Crippen LogP contribution is -1.90. The Labute approximate surface area is 111 Å². The number of nitriles is 1. The summed E-state index contributed by atoms with van der Waals surface area (Å²) in [5.74, 6) is 0. The van der Waals surface area contributed by atoms with E-state index in [0.29, 0.717) is 5.56 Å².